The van der Waals surface area contributed by atoms with E-state index in [4.69, 9.17) is 11.6 Å². The van der Waals surface area contributed by atoms with Gasteiger partial charge in [-0.3, -0.25) is 4.98 Å². The summed E-state index contributed by atoms with van der Waals surface area (Å²) in [6.45, 7) is 3.88. The minimum absolute atomic E-state index is 0.463. The molecule has 0 aliphatic heterocycles. The number of hydrogen-bond donors (Lipinski definition) is 0. The number of aromatic nitrogens is 5. The van der Waals surface area contributed by atoms with Gasteiger partial charge in [0, 0.05) is 23.5 Å². The van der Waals surface area contributed by atoms with Crippen molar-refractivity contribution in [1.82, 2.24) is 24.8 Å². The molecular formula is C12H10ClN5. The van der Waals surface area contributed by atoms with Gasteiger partial charge in [-0.2, -0.15) is 9.61 Å². The summed E-state index contributed by atoms with van der Waals surface area (Å²) in [5.74, 6) is 0.642. The third-order valence-corrected chi connectivity index (χ3v) is 3.31. The van der Waals surface area contributed by atoms with Crippen LogP contribution in [0, 0.1) is 13.8 Å². The van der Waals surface area contributed by atoms with Crippen LogP contribution in [0.3, 0.4) is 0 Å². The van der Waals surface area contributed by atoms with Gasteiger partial charge in [-0.15, -0.1) is 10.2 Å². The molecule has 3 heterocycles. The molecule has 18 heavy (non-hydrogen) atoms. The third-order valence-electron chi connectivity index (χ3n) is 2.96. The maximum absolute atomic E-state index is 6.11. The standard InChI is InChI=1S/C12H10ClN5/c1-7-8(2)11-15-16-12(18(11)17-10(7)13)9-4-3-5-14-6-9/h3-6H,1-2H3. The molecule has 0 fully saturated rings. The van der Waals surface area contributed by atoms with Crippen molar-refractivity contribution in [2.75, 3.05) is 0 Å². The fourth-order valence-corrected chi connectivity index (χ4v) is 1.99. The molecule has 0 aliphatic carbocycles. The molecule has 0 unspecified atom stereocenters. The molecule has 0 saturated carbocycles. The maximum Gasteiger partial charge on any atom is 0.187 e. The topological polar surface area (TPSA) is 56.0 Å². The smallest absolute Gasteiger partial charge is 0.187 e. The zero-order valence-electron chi connectivity index (χ0n) is 9.92. The first-order valence-corrected chi connectivity index (χ1v) is 5.85. The van der Waals surface area contributed by atoms with E-state index in [0.29, 0.717) is 11.0 Å². The quantitative estimate of drug-likeness (QED) is 0.674. The molecule has 6 heteroatoms. The van der Waals surface area contributed by atoms with E-state index in [1.165, 1.54) is 0 Å². The molecule has 0 amide bonds. The summed E-state index contributed by atoms with van der Waals surface area (Å²) in [6, 6.07) is 3.76. The van der Waals surface area contributed by atoms with E-state index in [2.05, 4.69) is 20.3 Å². The predicted octanol–water partition coefficient (Wildman–Crippen LogP) is 2.46. The van der Waals surface area contributed by atoms with Crippen molar-refractivity contribution in [3.05, 3.63) is 40.8 Å². The summed E-state index contributed by atoms with van der Waals surface area (Å²) in [5, 5.41) is 13.1. The van der Waals surface area contributed by atoms with Crippen LogP contribution in [-0.4, -0.2) is 24.8 Å². The molecule has 0 saturated heterocycles. The summed E-state index contributed by atoms with van der Waals surface area (Å²) >= 11 is 6.11. The molecule has 5 nitrogen and oxygen atoms in total. The fourth-order valence-electron chi connectivity index (χ4n) is 1.77. The Kier molecular flexibility index (Phi) is 2.48. The van der Waals surface area contributed by atoms with E-state index in [0.717, 1.165) is 22.3 Å². The zero-order valence-corrected chi connectivity index (χ0v) is 10.7. The summed E-state index contributed by atoms with van der Waals surface area (Å²) in [4.78, 5) is 4.07. The van der Waals surface area contributed by atoms with E-state index in [-0.39, 0.29) is 0 Å². The van der Waals surface area contributed by atoms with Gasteiger partial charge in [0.05, 0.1) is 0 Å². The first-order valence-electron chi connectivity index (χ1n) is 5.47. The van der Waals surface area contributed by atoms with Gasteiger partial charge in [0.1, 0.15) is 0 Å². The van der Waals surface area contributed by atoms with Crippen LogP contribution in [-0.2, 0) is 0 Å². The van der Waals surface area contributed by atoms with Gasteiger partial charge in [0.15, 0.2) is 16.6 Å². The van der Waals surface area contributed by atoms with Crippen LogP contribution >= 0.6 is 11.6 Å². The van der Waals surface area contributed by atoms with E-state index < -0.39 is 0 Å². The van der Waals surface area contributed by atoms with Crippen molar-refractivity contribution in [1.29, 1.82) is 0 Å². The lowest BCUT2D eigenvalue weighted by Gasteiger charge is -2.04. The molecule has 3 rings (SSSR count). The SMILES string of the molecule is Cc1c(Cl)nn2c(-c3cccnc3)nnc2c1C. The second-order valence-electron chi connectivity index (χ2n) is 4.04. The number of fused-ring (bicyclic) bond motifs is 1. The highest BCUT2D eigenvalue weighted by atomic mass is 35.5. The monoisotopic (exact) mass is 259 g/mol. The normalized spacial score (nSPS) is 11.1. The summed E-state index contributed by atoms with van der Waals surface area (Å²) in [5.41, 5.74) is 3.49. The van der Waals surface area contributed by atoms with E-state index >= 15 is 0 Å². The fraction of sp³-hybridized carbons (Fsp3) is 0.167. The highest BCUT2D eigenvalue weighted by Crippen LogP contribution is 2.23. The Morgan fingerprint density at radius 3 is 2.72 bits per heavy atom. The second kappa shape index (κ2) is 4.03. The first-order chi connectivity index (χ1) is 8.68. The molecule has 3 aromatic rings. The molecule has 90 valence electrons. The van der Waals surface area contributed by atoms with Crippen molar-refractivity contribution in [3.8, 4) is 11.4 Å². The average molecular weight is 260 g/mol. The third kappa shape index (κ3) is 1.55. The lowest BCUT2D eigenvalue weighted by molar-refractivity contribution is 0.918. The molecule has 0 aromatic carbocycles. The van der Waals surface area contributed by atoms with E-state index in [9.17, 15) is 0 Å². The molecule has 0 N–H and O–H groups in total. The second-order valence-corrected chi connectivity index (χ2v) is 4.40. The number of rotatable bonds is 1. The maximum atomic E-state index is 6.11. The first kappa shape index (κ1) is 11.1. The molecular weight excluding hydrogens is 250 g/mol. The van der Waals surface area contributed by atoms with Crippen molar-refractivity contribution >= 4 is 17.2 Å². The number of halogens is 1. The number of nitrogens with zero attached hydrogens (tertiary/aromatic N) is 5. The van der Waals surface area contributed by atoms with Gasteiger partial charge in [0.25, 0.3) is 0 Å². The molecule has 0 aliphatic rings. The van der Waals surface area contributed by atoms with Crippen molar-refractivity contribution in [3.63, 3.8) is 0 Å². The largest absolute Gasteiger partial charge is 0.264 e. The highest BCUT2D eigenvalue weighted by Gasteiger charge is 2.14. The van der Waals surface area contributed by atoms with E-state index in [1.54, 1.807) is 16.9 Å². The van der Waals surface area contributed by atoms with Crippen LogP contribution < -0.4 is 0 Å². The van der Waals surface area contributed by atoms with Crippen LogP contribution in [0.25, 0.3) is 17.0 Å². The van der Waals surface area contributed by atoms with Crippen molar-refractivity contribution < 1.29 is 0 Å². The minimum Gasteiger partial charge on any atom is -0.264 e. The Hall–Kier alpha value is -2.01. The molecule has 0 radical (unpaired) electrons. The van der Waals surface area contributed by atoms with Crippen LogP contribution in [0.5, 0.6) is 0 Å². The van der Waals surface area contributed by atoms with Crippen LogP contribution in [0.2, 0.25) is 5.15 Å². The Labute approximate surface area is 108 Å². The average Bonchev–Trinajstić information content (AvgIpc) is 2.81. The number of hydrogen-bond acceptors (Lipinski definition) is 4. The van der Waals surface area contributed by atoms with Gasteiger partial charge in [0.2, 0.25) is 0 Å². The van der Waals surface area contributed by atoms with Gasteiger partial charge >= 0.3 is 0 Å². The zero-order chi connectivity index (χ0) is 12.7. The Balaban J connectivity index is 2.34. The van der Waals surface area contributed by atoms with Crippen LogP contribution in [0.15, 0.2) is 24.5 Å². The molecule has 0 spiro atoms. The lowest BCUT2D eigenvalue weighted by atomic mass is 10.2. The van der Waals surface area contributed by atoms with E-state index in [1.807, 2.05) is 26.0 Å². The molecule has 0 atom stereocenters. The summed E-state index contributed by atoms with van der Waals surface area (Å²) < 4.78 is 1.65. The number of aryl methyl sites for hydroxylation is 1. The Bertz CT molecular complexity index is 720. The van der Waals surface area contributed by atoms with Gasteiger partial charge in [-0.1, -0.05) is 11.6 Å². The Morgan fingerprint density at radius 1 is 1.17 bits per heavy atom. The summed E-state index contributed by atoms with van der Waals surface area (Å²) in [6.07, 6.45) is 3.43. The van der Waals surface area contributed by atoms with Crippen molar-refractivity contribution in [2.24, 2.45) is 0 Å². The summed E-state index contributed by atoms with van der Waals surface area (Å²) in [7, 11) is 0. The predicted molar refractivity (Wildman–Crippen MR) is 68.5 cm³/mol. The minimum atomic E-state index is 0.463. The lowest BCUT2D eigenvalue weighted by Crippen LogP contribution is -2.00. The highest BCUT2D eigenvalue weighted by molar-refractivity contribution is 6.30. The van der Waals surface area contributed by atoms with Gasteiger partial charge in [-0.05, 0) is 31.5 Å². The van der Waals surface area contributed by atoms with Crippen LogP contribution in [0.1, 0.15) is 11.1 Å². The van der Waals surface area contributed by atoms with Gasteiger partial charge in [-0.25, -0.2) is 0 Å². The molecule has 0 bridgehead atoms. The van der Waals surface area contributed by atoms with Crippen molar-refractivity contribution in [2.45, 2.75) is 13.8 Å². The molecule has 3 aromatic heterocycles. The van der Waals surface area contributed by atoms with Gasteiger partial charge < -0.3 is 0 Å². The van der Waals surface area contributed by atoms with Crippen LogP contribution in [0.4, 0.5) is 0 Å². The Morgan fingerprint density at radius 2 is 2.00 bits per heavy atom. The number of pyridine rings is 1.